The van der Waals surface area contributed by atoms with Crippen molar-refractivity contribution in [2.75, 3.05) is 0 Å². The van der Waals surface area contributed by atoms with Crippen molar-refractivity contribution in [3.8, 4) is 0 Å². The van der Waals surface area contributed by atoms with Crippen molar-refractivity contribution >= 4 is 11.8 Å². The quantitative estimate of drug-likeness (QED) is 0.0533. The van der Waals surface area contributed by atoms with E-state index in [4.69, 9.17) is 4.74 Å². The molecule has 4 heteroatoms. The van der Waals surface area contributed by atoms with Gasteiger partial charge in [-0.1, -0.05) is 195 Å². The lowest BCUT2D eigenvalue weighted by Crippen LogP contribution is -2.53. The molecule has 5 unspecified atom stereocenters. The van der Waals surface area contributed by atoms with Gasteiger partial charge in [-0.2, -0.15) is 0 Å². The van der Waals surface area contributed by atoms with E-state index in [0.717, 1.165) is 98.2 Å². The molecule has 0 saturated heterocycles. The van der Waals surface area contributed by atoms with Crippen LogP contribution in [0.15, 0.2) is 35.5 Å². The molecule has 8 aliphatic carbocycles. The summed E-state index contributed by atoms with van der Waals surface area (Å²) in [7, 11) is 0. The fraction of sp³-hybridized carbons (Fsp3) is 0.889. The first-order valence-corrected chi connectivity index (χ1v) is 33.8. The number of ketones is 1. The summed E-state index contributed by atoms with van der Waals surface area (Å²) in [6, 6.07) is 0. The van der Waals surface area contributed by atoms with Crippen molar-refractivity contribution in [1.82, 2.24) is 0 Å². The molecule has 0 radical (unpaired) electrons. The van der Waals surface area contributed by atoms with Gasteiger partial charge >= 0.3 is 5.97 Å². The van der Waals surface area contributed by atoms with E-state index in [1.807, 2.05) is 6.08 Å². The third-order valence-electron chi connectivity index (χ3n) is 24.3. The minimum Gasteiger partial charge on any atom is -0.462 e. The number of unbranched alkanes of at least 4 members (excludes halogenated alkanes) is 11. The van der Waals surface area contributed by atoms with Crippen LogP contribution in [0.2, 0.25) is 0 Å². The molecule has 434 valence electrons. The van der Waals surface area contributed by atoms with Gasteiger partial charge in [0, 0.05) is 18.8 Å². The Labute approximate surface area is 470 Å². The summed E-state index contributed by atoms with van der Waals surface area (Å²) < 4.78 is 6.12. The average Bonchev–Trinajstić information content (AvgIpc) is 3.96. The molecule has 0 amide bonds. The van der Waals surface area contributed by atoms with Crippen molar-refractivity contribution in [3.63, 3.8) is 0 Å². The zero-order valence-corrected chi connectivity index (χ0v) is 51.8. The van der Waals surface area contributed by atoms with Gasteiger partial charge in [-0.25, -0.2) is 0 Å². The third-order valence-corrected chi connectivity index (χ3v) is 24.3. The summed E-state index contributed by atoms with van der Waals surface area (Å²) in [5.74, 6) is 9.43. The summed E-state index contributed by atoms with van der Waals surface area (Å²) in [4.78, 5) is 26.2. The molecule has 76 heavy (non-hydrogen) atoms. The topological polar surface area (TPSA) is 63.6 Å². The summed E-state index contributed by atoms with van der Waals surface area (Å²) >= 11 is 0. The first kappa shape index (κ1) is 61.9. The molecule has 0 aromatic carbocycles. The van der Waals surface area contributed by atoms with Crippen LogP contribution in [0.4, 0.5) is 0 Å². The lowest BCUT2D eigenvalue weighted by atomic mass is 9.46. The average molecular weight is 1050 g/mol. The summed E-state index contributed by atoms with van der Waals surface area (Å²) in [6.07, 6.45) is 53.1. The number of aliphatic hydroxyl groups is 1. The lowest BCUT2D eigenvalue weighted by molar-refractivity contribution is -0.151. The van der Waals surface area contributed by atoms with E-state index >= 15 is 0 Å². The smallest absolute Gasteiger partial charge is 0.306 e. The van der Waals surface area contributed by atoms with Crippen LogP contribution >= 0.6 is 0 Å². The van der Waals surface area contributed by atoms with Gasteiger partial charge in [0.05, 0.1) is 6.10 Å². The molecule has 0 aliphatic heterocycles. The zero-order chi connectivity index (χ0) is 54.7. The van der Waals surface area contributed by atoms with E-state index in [2.05, 4.69) is 94.4 Å². The minimum atomic E-state index is -0.241. The number of aliphatic hydroxyl groups excluding tert-OH is 1. The van der Waals surface area contributed by atoms with Gasteiger partial charge in [0.1, 0.15) is 6.10 Å². The lowest BCUT2D eigenvalue weighted by Gasteiger charge is -2.58. The van der Waals surface area contributed by atoms with E-state index in [1.54, 1.807) is 5.57 Å². The Kier molecular flexibility index (Phi) is 23.1. The predicted molar refractivity (Wildman–Crippen MR) is 322 cm³/mol. The van der Waals surface area contributed by atoms with Gasteiger partial charge in [-0.3, -0.25) is 9.59 Å². The van der Waals surface area contributed by atoms with Crippen molar-refractivity contribution in [2.24, 2.45) is 92.7 Å². The maximum atomic E-state index is 13.4. The number of hydrogen-bond acceptors (Lipinski definition) is 4. The Bertz CT molecular complexity index is 1910. The molecule has 6 fully saturated rings. The molecule has 6 saturated carbocycles. The van der Waals surface area contributed by atoms with E-state index in [9.17, 15) is 14.7 Å². The Morgan fingerprint density at radius 2 is 1.13 bits per heavy atom. The van der Waals surface area contributed by atoms with Crippen molar-refractivity contribution < 1.29 is 19.4 Å². The number of esters is 1. The third kappa shape index (κ3) is 14.7. The second-order valence-corrected chi connectivity index (χ2v) is 30.1. The molecule has 8 aliphatic rings. The summed E-state index contributed by atoms with van der Waals surface area (Å²) in [6.45, 7) is 27.1. The summed E-state index contributed by atoms with van der Waals surface area (Å²) in [5.41, 5.74) is 4.30. The monoisotopic (exact) mass is 1050 g/mol. The Hall–Kier alpha value is -1.68. The fourth-order valence-electron chi connectivity index (χ4n) is 19.7. The molecule has 0 spiro atoms. The number of carbonyl (C=O) groups excluding carboxylic acids is 2. The van der Waals surface area contributed by atoms with Crippen LogP contribution in [0.1, 0.15) is 301 Å². The summed E-state index contributed by atoms with van der Waals surface area (Å²) in [5, 5.41) is 10.2. The largest absolute Gasteiger partial charge is 0.462 e. The zero-order valence-electron chi connectivity index (χ0n) is 51.8. The van der Waals surface area contributed by atoms with Gasteiger partial charge in [0.25, 0.3) is 0 Å². The van der Waals surface area contributed by atoms with Crippen LogP contribution in [0.3, 0.4) is 0 Å². The highest BCUT2D eigenvalue weighted by atomic mass is 16.5. The normalized spacial score (nSPS) is 37.5. The maximum absolute atomic E-state index is 13.4. The van der Waals surface area contributed by atoms with Crippen LogP contribution in [0, 0.1) is 92.7 Å². The standard InChI is InChI=1S/C45H78O2.C27H44O2/c1-7-8-9-10-11-12-13-14-15-16-17-18-19-20-21-25-43(46)47-38-30-32-44(5)37(34-38)26-27-39-41-29-28-40(36(4)24-22-23-35(2)3)45(41,6)33-31-42(39)44;1-17(2)7-6-8-18(3)21-9-10-22-25-23(12-14-27(21,22)5)26(4)13-11-20(28)15-19(26)16-24(25)29/h14-15,26,35-36,38-42H,7-13,16-25,27-34H2,1-6H3;16-18,20-23,25,28H,6-15H2,1-5H3/b15-14-;/t36-,38?,39?,40-,41?,42?,44+,45-;18-,20?,21-,22+,23+,25+,26+,27-/m11/s1. The van der Waals surface area contributed by atoms with E-state index in [-0.39, 0.29) is 29.5 Å². The molecular weight excluding hydrogens is 929 g/mol. The second kappa shape index (κ2) is 28.3. The molecule has 0 aromatic rings. The predicted octanol–water partition coefficient (Wildman–Crippen LogP) is 20.5. The molecule has 0 bridgehead atoms. The molecule has 0 aromatic heterocycles. The number of hydrogen-bond donors (Lipinski definition) is 1. The van der Waals surface area contributed by atoms with E-state index in [0.29, 0.717) is 40.3 Å². The molecule has 8 rings (SSSR count). The van der Waals surface area contributed by atoms with Crippen LogP contribution in [-0.4, -0.2) is 29.1 Å². The van der Waals surface area contributed by atoms with Crippen LogP contribution in [0.5, 0.6) is 0 Å². The van der Waals surface area contributed by atoms with Gasteiger partial charge in [0.15, 0.2) is 5.78 Å². The fourth-order valence-corrected chi connectivity index (χ4v) is 19.7. The maximum Gasteiger partial charge on any atom is 0.306 e. The van der Waals surface area contributed by atoms with E-state index < -0.39 is 0 Å². The van der Waals surface area contributed by atoms with Gasteiger partial charge in [-0.05, 0) is 215 Å². The number of fused-ring (bicyclic) bond motifs is 10. The molecule has 1 N–H and O–H groups in total. The number of ether oxygens (including phenoxy) is 1. The molecule has 16 atom stereocenters. The Morgan fingerprint density at radius 1 is 0.592 bits per heavy atom. The van der Waals surface area contributed by atoms with Crippen LogP contribution < -0.4 is 0 Å². The first-order valence-electron chi connectivity index (χ1n) is 33.8. The molecule has 0 heterocycles. The SMILES string of the molecule is CC(C)CCC[C@@H](C)[C@H]1CC[C@H]2[C@@H]3C(=O)C=C4CC(O)CC[C@]4(C)[C@H]3CC[C@]12C.CCCCCCCC/C=C\CCCCCCCC(=O)OC1CC[C@@]2(C)C(=CCC3C2CC[C@@]2(C)C3CC[C@@H]2[C@H](C)CCCC(C)C)C1. The number of carbonyl (C=O) groups is 2. The molecule has 4 nitrogen and oxygen atoms in total. The van der Waals surface area contributed by atoms with Crippen LogP contribution in [0.25, 0.3) is 0 Å². The highest BCUT2D eigenvalue weighted by molar-refractivity contribution is 5.94. The first-order chi connectivity index (χ1) is 36.3. The number of allylic oxidation sites excluding steroid dienone is 4. The second-order valence-electron chi connectivity index (χ2n) is 30.1. The number of rotatable bonds is 26. The van der Waals surface area contributed by atoms with Crippen LogP contribution in [-0.2, 0) is 14.3 Å². The van der Waals surface area contributed by atoms with Crippen molar-refractivity contribution in [2.45, 2.75) is 313 Å². The Morgan fingerprint density at radius 3 is 1.75 bits per heavy atom. The van der Waals surface area contributed by atoms with Gasteiger partial charge in [-0.15, -0.1) is 0 Å². The van der Waals surface area contributed by atoms with Crippen molar-refractivity contribution in [3.05, 3.63) is 35.5 Å². The van der Waals surface area contributed by atoms with Gasteiger partial charge in [0.2, 0.25) is 0 Å². The highest BCUT2D eigenvalue weighted by Crippen LogP contribution is 2.69. The van der Waals surface area contributed by atoms with Crippen molar-refractivity contribution in [1.29, 1.82) is 0 Å². The molecular formula is C72H122O4. The minimum absolute atomic E-state index is 0.0541. The Balaban J connectivity index is 0.000000247. The van der Waals surface area contributed by atoms with Gasteiger partial charge < -0.3 is 9.84 Å². The highest BCUT2D eigenvalue weighted by Gasteiger charge is 2.62. The van der Waals surface area contributed by atoms with E-state index in [1.165, 1.54) is 179 Å².